The molecule has 0 radical (unpaired) electrons. The van der Waals surface area contributed by atoms with E-state index >= 15 is 0 Å². The van der Waals surface area contributed by atoms with E-state index < -0.39 is 0 Å². The quantitative estimate of drug-likeness (QED) is 0.899. The van der Waals surface area contributed by atoms with Crippen LogP contribution in [0, 0.1) is 6.92 Å². The van der Waals surface area contributed by atoms with Crippen molar-refractivity contribution in [1.29, 1.82) is 0 Å². The normalized spacial score (nSPS) is 14.2. The number of fused-ring (bicyclic) bond motifs is 1. The highest BCUT2D eigenvalue weighted by Gasteiger charge is 2.21. The van der Waals surface area contributed by atoms with Crippen molar-refractivity contribution >= 4 is 5.82 Å². The molecule has 1 aromatic carbocycles. The fraction of sp³-hybridized carbons (Fsp3) is 0.400. The fourth-order valence-electron chi connectivity index (χ4n) is 2.79. The lowest BCUT2D eigenvalue weighted by molar-refractivity contribution is 0.411. The third-order valence-corrected chi connectivity index (χ3v) is 3.77. The molecule has 0 aliphatic heterocycles. The van der Waals surface area contributed by atoms with Crippen molar-refractivity contribution in [2.75, 3.05) is 12.8 Å². The van der Waals surface area contributed by atoms with Gasteiger partial charge in [-0.25, -0.2) is 4.68 Å². The van der Waals surface area contributed by atoms with E-state index in [4.69, 9.17) is 10.5 Å². The van der Waals surface area contributed by atoms with E-state index in [0.717, 1.165) is 24.3 Å². The molecular formula is C15H19N3O. The number of nitrogens with zero attached hydrogens (tertiary/aromatic N) is 2. The number of rotatable bonds is 2. The SMILES string of the molecule is COc1ccc(C)cc1-n1nc(N)c2c1CCCC2. The fourth-order valence-corrected chi connectivity index (χ4v) is 2.79. The first-order valence-corrected chi connectivity index (χ1v) is 6.72. The Balaban J connectivity index is 2.19. The topological polar surface area (TPSA) is 53.1 Å². The number of methoxy groups -OCH3 is 1. The Morgan fingerprint density at radius 2 is 2.05 bits per heavy atom. The van der Waals surface area contributed by atoms with Crippen molar-refractivity contribution in [3.8, 4) is 11.4 Å². The number of aryl methyl sites for hydroxylation is 1. The summed E-state index contributed by atoms with van der Waals surface area (Å²) in [6, 6.07) is 6.12. The molecule has 0 saturated carbocycles. The van der Waals surface area contributed by atoms with Crippen LogP contribution in [0.25, 0.3) is 5.69 Å². The smallest absolute Gasteiger partial charge is 0.149 e. The Morgan fingerprint density at radius 1 is 1.26 bits per heavy atom. The van der Waals surface area contributed by atoms with Gasteiger partial charge in [0.05, 0.1) is 7.11 Å². The Kier molecular flexibility index (Phi) is 2.93. The van der Waals surface area contributed by atoms with Crippen LogP contribution in [-0.2, 0) is 12.8 Å². The lowest BCUT2D eigenvalue weighted by Crippen LogP contribution is -2.09. The van der Waals surface area contributed by atoms with Crippen molar-refractivity contribution < 1.29 is 4.74 Å². The average Bonchev–Trinajstić information content (AvgIpc) is 2.77. The molecule has 0 unspecified atom stereocenters. The largest absolute Gasteiger partial charge is 0.494 e. The summed E-state index contributed by atoms with van der Waals surface area (Å²) in [5.41, 5.74) is 10.7. The summed E-state index contributed by atoms with van der Waals surface area (Å²) in [5.74, 6) is 1.50. The molecule has 1 aliphatic carbocycles. The first-order valence-electron chi connectivity index (χ1n) is 6.72. The third-order valence-electron chi connectivity index (χ3n) is 3.77. The Bertz CT molecular complexity index is 616. The third kappa shape index (κ3) is 1.97. The van der Waals surface area contributed by atoms with E-state index in [9.17, 15) is 0 Å². The van der Waals surface area contributed by atoms with Crippen LogP contribution in [0.2, 0.25) is 0 Å². The summed E-state index contributed by atoms with van der Waals surface area (Å²) in [5, 5.41) is 4.53. The Hall–Kier alpha value is -1.97. The summed E-state index contributed by atoms with van der Waals surface area (Å²) in [7, 11) is 1.69. The summed E-state index contributed by atoms with van der Waals surface area (Å²) < 4.78 is 7.42. The highest BCUT2D eigenvalue weighted by atomic mass is 16.5. The Morgan fingerprint density at radius 3 is 2.84 bits per heavy atom. The monoisotopic (exact) mass is 257 g/mol. The van der Waals surface area contributed by atoms with Crippen LogP contribution in [0.15, 0.2) is 18.2 Å². The molecule has 1 aliphatic rings. The molecule has 0 saturated heterocycles. The van der Waals surface area contributed by atoms with Gasteiger partial charge in [-0.2, -0.15) is 5.10 Å². The molecule has 1 aromatic heterocycles. The molecule has 0 spiro atoms. The van der Waals surface area contributed by atoms with Gasteiger partial charge in [-0.05, 0) is 50.3 Å². The van der Waals surface area contributed by atoms with Gasteiger partial charge in [0, 0.05) is 11.3 Å². The number of aromatic nitrogens is 2. The first kappa shape index (κ1) is 12.1. The number of nitrogens with two attached hydrogens (primary N) is 1. The van der Waals surface area contributed by atoms with E-state index in [1.54, 1.807) is 7.11 Å². The number of ether oxygens (including phenoxy) is 1. The molecule has 1 heterocycles. The molecule has 100 valence electrons. The molecule has 0 fully saturated rings. The maximum Gasteiger partial charge on any atom is 0.149 e. The molecule has 0 bridgehead atoms. The molecular weight excluding hydrogens is 238 g/mol. The second-order valence-electron chi connectivity index (χ2n) is 5.10. The first-order chi connectivity index (χ1) is 9.20. The van der Waals surface area contributed by atoms with Crippen molar-refractivity contribution in [1.82, 2.24) is 9.78 Å². The van der Waals surface area contributed by atoms with E-state index in [2.05, 4.69) is 18.1 Å². The van der Waals surface area contributed by atoms with Gasteiger partial charge in [-0.3, -0.25) is 0 Å². The van der Waals surface area contributed by atoms with Gasteiger partial charge in [0.25, 0.3) is 0 Å². The summed E-state index contributed by atoms with van der Waals surface area (Å²) in [4.78, 5) is 0. The number of anilines is 1. The van der Waals surface area contributed by atoms with Crippen molar-refractivity contribution in [3.63, 3.8) is 0 Å². The summed E-state index contributed by atoms with van der Waals surface area (Å²) >= 11 is 0. The number of hydrogen-bond donors (Lipinski definition) is 1. The highest BCUT2D eigenvalue weighted by Crippen LogP contribution is 2.31. The van der Waals surface area contributed by atoms with Crippen molar-refractivity contribution in [3.05, 3.63) is 35.0 Å². The van der Waals surface area contributed by atoms with Crippen LogP contribution in [0.4, 0.5) is 5.82 Å². The predicted molar refractivity (Wildman–Crippen MR) is 75.9 cm³/mol. The second-order valence-corrected chi connectivity index (χ2v) is 5.10. The number of benzene rings is 1. The van der Waals surface area contributed by atoms with Crippen LogP contribution < -0.4 is 10.5 Å². The number of hydrogen-bond acceptors (Lipinski definition) is 3. The lowest BCUT2D eigenvalue weighted by Gasteiger charge is -2.16. The van der Waals surface area contributed by atoms with E-state index in [1.807, 2.05) is 16.8 Å². The maximum atomic E-state index is 6.06. The molecule has 2 aromatic rings. The van der Waals surface area contributed by atoms with Crippen molar-refractivity contribution in [2.24, 2.45) is 0 Å². The second kappa shape index (κ2) is 4.61. The average molecular weight is 257 g/mol. The number of nitrogen functional groups attached to an aromatic ring is 1. The van der Waals surface area contributed by atoms with Gasteiger partial charge >= 0.3 is 0 Å². The minimum atomic E-state index is 0.665. The van der Waals surface area contributed by atoms with E-state index in [-0.39, 0.29) is 0 Å². The van der Waals surface area contributed by atoms with Crippen LogP contribution in [0.3, 0.4) is 0 Å². The minimum absolute atomic E-state index is 0.665. The standard InChI is InChI=1S/C15H19N3O/c1-10-7-8-14(19-2)13(9-10)18-12-6-4-3-5-11(12)15(16)17-18/h7-9H,3-6H2,1-2H3,(H2,16,17). The zero-order valence-electron chi connectivity index (χ0n) is 11.4. The van der Waals surface area contributed by atoms with Crippen LogP contribution >= 0.6 is 0 Å². The minimum Gasteiger partial charge on any atom is -0.494 e. The molecule has 3 rings (SSSR count). The van der Waals surface area contributed by atoms with E-state index in [1.165, 1.54) is 29.7 Å². The predicted octanol–water partition coefficient (Wildman–Crippen LogP) is 2.65. The van der Waals surface area contributed by atoms with Crippen LogP contribution in [-0.4, -0.2) is 16.9 Å². The Labute approximate surface area is 113 Å². The molecule has 4 heteroatoms. The van der Waals surface area contributed by atoms with Gasteiger partial charge in [0.1, 0.15) is 17.3 Å². The molecule has 19 heavy (non-hydrogen) atoms. The molecule has 0 atom stereocenters. The van der Waals surface area contributed by atoms with Gasteiger partial charge in [-0.15, -0.1) is 0 Å². The van der Waals surface area contributed by atoms with Gasteiger partial charge in [0.2, 0.25) is 0 Å². The molecule has 4 nitrogen and oxygen atoms in total. The summed E-state index contributed by atoms with van der Waals surface area (Å²) in [6.45, 7) is 2.07. The molecule has 2 N–H and O–H groups in total. The van der Waals surface area contributed by atoms with Crippen molar-refractivity contribution in [2.45, 2.75) is 32.6 Å². The van der Waals surface area contributed by atoms with Crippen LogP contribution in [0.5, 0.6) is 5.75 Å². The lowest BCUT2D eigenvalue weighted by atomic mass is 9.97. The zero-order chi connectivity index (χ0) is 13.4. The maximum absolute atomic E-state index is 6.06. The zero-order valence-corrected chi connectivity index (χ0v) is 11.4. The van der Waals surface area contributed by atoms with E-state index in [0.29, 0.717) is 5.82 Å². The molecule has 0 amide bonds. The van der Waals surface area contributed by atoms with Crippen LogP contribution in [0.1, 0.15) is 29.7 Å². The van der Waals surface area contributed by atoms with Gasteiger partial charge in [-0.1, -0.05) is 6.07 Å². The van der Waals surface area contributed by atoms with Gasteiger partial charge < -0.3 is 10.5 Å². The van der Waals surface area contributed by atoms with Gasteiger partial charge in [0.15, 0.2) is 0 Å². The summed E-state index contributed by atoms with van der Waals surface area (Å²) in [6.07, 6.45) is 4.48. The highest BCUT2D eigenvalue weighted by molar-refractivity contribution is 5.54.